The largest absolute Gasteiger partial charge is 0.366 e. The molecule has 0 atom stereocenters. The third-order valence-corrected chi connectivity index (χ3v) is 5.94. The van der Waals surface area contributed by atoms with E-state index in [4.69, 9.17) is 0 Å². The quantitative estimate of drug-likeness (QED) is 0.835. The number of aromatic nitrogens is 1. The molecule has 160 valence electrons. The van der Waals surface area contributed by atoms with Crippen molar-refractivity contribution in [2.24, 2.45) is 0 Å². The molecule has 2 fully saturated rings. The van der Waals surface area contributed by atoms with E-state index in [1.165, 1.54) is 31.7 Å². The second kappa shape index (κ2) is 9.78. The van der Waals surface area contributed by atoms with E-state index in [1.54, 1.807) is 17.0 Å². The summed E-state index contributed by atoms with van der Waals surface area (Å²) in [6, 6.07) is 10.8. The van der Waals surface area contributed by atoms with E-state index in [1.807, 2.05) is 23.2 Å². The standard InChI is InChI=1S/C23H30FN5O/c24-20-7-3-4-8-21(20)27-13-15-29(16-14-27)23(30)26-18-19-9-10-22(25-17-19)28-11-5-1-2-6-12-28/h3-4,7-10,17H,1-2,5-6,11-16,18H2,(H,26,30). The molecule has 2 aliphatic heterocycles. The van der Waals surface area contributed by atoms with Crippen molar-refractivity contribution < 1.29 is 9.18 Å². The lowest BCUT2D eigenvalue weighted by molar-refractivity contribution is 0.194. The first-order valence-electron chi connectivity index (χ1n) is 10.9. The zero-order valence-electron chi connectivity index (χ0n) is 17.4. The highest BCUT2D eigenvalue weighted by atomic mass is 19.1. The predicted octanol–water partition coefficient (Wildman–Crippen LogP) is 3.63. The lowest BCUT2D eigenvalue weighted by Crippen LogP contribution is -2.51. The molecule has 2 aromatic rings. The Kier molecular flexibility index (Phi) is 6.67. The normalized spacial score (nSPS) is 17.6. The molecule has 4 rings (SSSR count). The van der Waals surface area contributed by atoms with Crippen LogP contribution < -0.4 is 15.1 Å². The zero-order valence-corrected chi connectivity index (χ0v) is 17.4. The molecule has 3 heterocycles. The van der Waals surface area contributed by atoms with Gasteiger partial charge >= 0.3 is 6.03 Å². The van der Waals surface area contributed by atoms with E-state index >= 15 is 0 Å². The monoisotopic (exact) mass is 411 g/mol. The molecule has 30 heavy (non-hydrogen) atoms. The van der Waals surface area contributed by atoms with Crippen LogP contribution in [0.4, 0.5) is 20.7 Å². The molecule has 0 saturated carbocycles. The van der Waals surface area contributed by atoms with E-state index in [0.717, 1.165) is 24.5 Å². The van der Waals surface area contributed by atoms with Crippen LogP contribution in [0.1, 0.15) is 31.2 Å². The highest BCUT2D eigenvalue weighted by Crippen LogP contribution is 2.20. The van der Waals surface area contributed by atoms with Gasteiger partial charge in [-0.05, 0) is 36.6 Å². The van der Waals surface area contributed by atoms with Crippen LogP contribution in [0.3, 0.4) is 0 Å². The summed E-state index contributed by atoms with van der Waals surface area (Å²) in [6.07, 6.45) is 6.91. The van der Waals surface area contributed by atoms with E-state index in [0.29, 0.717) is 38.4 Å². The second-order valence-electron chi connectivity index (χ2n) is 8.01. The Morgan fingerprint density at radius 3 is 2.30 bits per heavy atom. The molecule has 2 aliphatic rings. The van der Waals surface area contributed by atoms with Crippen molar-refractivity contribution in [3.05, 3.63) is 54.0 Å². The van der Waals surface area contributed by atoms with Crippen LogP contribution in [0.2, 0.25) is 0 Å². The van der Waals surface area contributed by atoms with Gasteiger partial charge in [0.15, 0.2) is 0 Å². The summed E-state index contributed by atoms with van der Waals surface area (Å²) in [6.45, 7) is 5.00. The predicted molar refractivity (Wildman–Crippen MR) is 117 cm³/mol. The Labute approximate surface area is 177 Å². The van der Waals surface area contributed by atoms with Crippen molar-refractivity contribution in [3.8, 4) is 0 Å². The number of pyridine rings is 1. The van der Waals surface area contributed by atoms with Gasteiger partial charge in [-0.25, -0.2) is 14.2 Å². The summed E-state index contributed by atoms with van der Waals surface area (Å²) in [4.78, 5) is 23.3. The molecule has 1 aromatic carbocycles. The summed E-state index contributed by atoms with van der Waals surface area (Å²) >= 11 is 0. The summed E-state index contributed by atoms with van der Waals surface area (Å²) < 4.78 is 14.0. The number of anilines is 2. The molecule has 2 saturated heterocycles. The van der Waals surface area contributed by atoms with Gasteiger partial charge in [-0.1, -0.05) is 31.0 Å². The van der Waals surface area contributed by atoms with Crippen molar-refractivity contribution in [2.75, 3.05) is 49.1 Å². The Hall–Kier alpha value is -2.83. The van der Waals surface area contributed by atoms with Gasteiger partial charge in [0.2, 0.25) is 0 Å². The van der Waals surface area contributed by atoms with Gasteiger partial charge in [-0.3, -0.25) is 0 Å². The first kappa shape index (κ1) is 20.4. The molecule has 0 bridgehead atoms. The average Bonchev–Trinajstić information content (AvgIpc) is 3.08. The highest BCUT2D eigenvalue weighted by molar-refractivity contribution is 5.74. The highest BCUT2D eigenvalue weighted by Gasteiger charge is 2.22. The first-order chi connectivity index (χ1) is 14.7. The summed E-state index contributed by atoms with van der Waals surface area (Å²) in [5.74, 6) is 0.808. The lowest BCUT2D eigenvalue weighted by Gasteiger charge is -2.36. The van der Waals surface area contributed by atoms with Crippen molar-refractivity contribution in [3.63, 3.8) is 0 Å². The van der Waals surface area contributed by atoms with Crippen LogP contribution >= 0.6 is 0 Å². The van der Waals surface area contributed by atoms with Crippen molar-refractivity contribution >= 4 is 17.5 Å². The number of hydrogen-bond donors (Lipinski definition) is 1. The molecular formula is C23H30FN5O. The van der Waals surface area contributed by atoms with Gasteiger partial charge in [0.1, 0.15) is 11.6 Å². The molecule has 6 nitrogen and oxygen atoms in total. The molecular weight excluding hydrogens is 381 g/mol. The van der Waals surface area contributed by atoms with Crippen LogP contribution in [-0.4, -0.2) is 55.2 Å². The summed E-state index contributed by atoms with van der Waals surface area (Å²) in [5.41, 5.74) is 1.60. The summed E-state index contributed by atoms with van der Waals surface area (Å²) in [5, 5.41) is 2.98. The molecule has 0 aliphatic carbocycles. The van der Waals surface area contributed by atoms with Crippen LogP contribution in [0.25, 0.3) is 0 Å². The van der Waals surface area contributed by atoms with Gasteiger partial charge in [0, 0.05) is 52.0 Å². The third-order valence-electron chi connectivity index (χ3n) is 5.94. The number of urea groups is 1. The molecule has 1 aromatic heterocycles. The van der Waals surface area contributed by atoms with Gasteiger partial charge in [0.05, 0.1) is 5.69 Å². The minimum atomic E-state index is -0.216. The van der Waals surface area contributed by atoms with E-state index in [2.05, 4.69) is 21.3 Å². The van der Waals surface area contributed by atoms with Crippen molar-refractivity contribution in [1.82, 2.24) is 15.2 Å². The number of carbonyl (C=O) groups excluding carboxylic acids is 1. The topological polar surface area (TPSA) is 51.7 Å². The minimum Gasteiger partial charge on any atom is -0.366 e. The number of rotatable bonds is 4. The van der Waals surface area contributed by atoms with Crippen LogP contribution in [0.15, 0.2) is 42.6 Å². The van der Waals surface area contributed by atoms with E-state index in [-0.39, 0.29) is 11.8 Å². The molecule has 0 radical (unpaired) electrons. The number of amides is 2. The zero-order chi connectivity index (χ0) is 20.8. The molecule has 2 amide bonds. The van der Waals surface area contributed by atoms with E-state index in [9.17, 15) is 9.18 Å². The van der Waals surface area contributed by atoms with Crippen molar-refractivity contribution in [1.29, 1.82) is 0 Å². The number of para-hydroxylation sites is 1. The van der Waals surface area contributed by atoms with Gasteiger partial charge in [-0.15, -0.1) is 0 Å². The Morgan fingerprint density at radius 2 is 1.63 bits per heavy atom. The number of benzene rings is 1. The Bertz CT molecular complexity index is 828. The SMILES string of the molecule is O=C(NCc1ccc(N2CCCCCC2)nc1)N1CCN(c2ccccc2F)CC1. The van der Waals surface area contributed by atoms with Gasteiger partial charge < -0.3 is 20.0 Å². The third kappa shape index (κ3) is 5.01. The lowest BCUT2D eigenvalue weighted by atomic mass is 10.2. The van der Waals surface area contributed by atoms with E-state index < -0.39 is 0 Å². The van der Waals surface area contributed by atoms with Crippen molar-refractivity contribution in [2.45, 2.75) is 32.2 Å². The maximum absolute atomic E-state index is 14.0. The maximum Gasteiger partial charge on any atom is 0.317 e. The minimum absolute atomic E-state index is 0.0835. The molecule has 0 spiro atoms. The molecule has 1 N–H and O–H groups in total. The average molecular weight is 412 g/mol. The van der Waals surface area contributed by atoms with Gasteiger partial charge in [0.25, 0.3) is 0 Å². The van der Waals surface area contributed by atoms with Gasteiger partial charge in [-0.2, -0.15) is 0 Å². The van der Waals surface area contributed by atoms with Crippen LogP contribution in [0, 0.1) is 5.82 Å². The van der Waals surface area contributed by atoms with Crippen LogP contribution in [-0.2, 0) is 6.54 Å². The molecule has 0 unspecified atom stereocenters. The first-order valence-corrected chi connectivity index (χ1v) is 10.9. The molecule has 7 heteroatoms. The summed E-state index contributed by atoms with van der Waals surface area (Å²) in [7, 11) is 0. The fourth-order valence-electron chi connectivity index (χ4n) is 4.16. The number of hydrogen-bond acceptors (Lipinski definition) is 4. The number of piperazine rings is 1. The smallest absolute Gasteiger partial charge is 0.317 e. The fraction of sp³-hybridized carbons (Fsp3) is 0.478. The number of halogens is 1. The number of carbonyl (C=O) groups is 1. The maximum atomic E-state index is 14.0. The Morgan fingerprint density at radius 1 is 0.900 bits per heavy atom. The Balaban J connectivity index is 1.24. The number of nitrogens with one attached hydrogen (secondary N) is 1. The number of nitrogens with zero attached hydrogens (tertiary/aromatic N) is 4. The van der Waals surface area contributed by atoms with Crippen LogP contribution in [0.5, 0.6) is 0 Å². The second-order valence-corrected chi connectivity index (χ2v) is 8.01. The fourth-order valence-corrected chi connectivity index (χ4v) is 4.16.